The molecule has 0 aliphatic rings. The molecular weight excluding hydrogens is 562 g/mol. The number of para-hydroxylation sites is 2. The highest BCUT2D eigenvalue weighted by Gasteiger charge is 2.35. The summed E-state index contributed by atoms with van der Waals surface area (Å²) in [5, 5.41) is 18.9. The van der Waals surface area contributed by atoms with Gasteiger partial charge in [0.05, 0.1) is 10.5 Å². The fourth-order valence-corrected chi connectivity index (χ4v) is 3.27. The molecule has 0 heterocycles. The Morgan fingerprint density at radius 2 is 1.71 bits per heavy atom. The van der Waals surface area contributed by atoms with E-state index < -0.39 is 20.8 Å². The van der Waals surface area contributed by atoms with Crippen LogP contribution in [0, 0.1) is 13.7 Å². The van der Waals surface area contributed by atoms with Crippen LogP contribution in [0.3, 0.4) is 0 Å². The molecule has 2 aromatic rings. The number of alkyl halides is 3. The van der Waals surface area contributed by atoms with Crippen LogP contribution < -0.4 is 16.0 Å². The van der Waals surface area contributed by atoms with Crippen molar-refractivity contribution >= 4 is 92.0 Å². The van der Waals surface area contributed by atoms with Crippen molar-refractivity contribution in [3.8, 4) is 0 Å². The molecule has 2 aromatic carbocycles. The normalized spacial score (nSPS) is 12.0. The first kappa shape index (κ1) is 22.9. The number of rotatable bonds is 5. The quantitative estimate of drug-likeness (QED) is 0.121. The van der Waals surface area contributed by atoms with Gasteiger partial charge in [0, 0.05) is 9.64 Å². The Morgan fingerprint density at radius 1 is 1.11 bits per heavy atom. The highest BCUT2D eigenvalue weighted by atomic mass is 127. The van der Waals surface area contributed by atoms with E-state index in [1.807, 2.05) is 22.6 Å². The zero-order valence-corrected chi connectivity index (χ0v) is 19.0. The van der Waals surface area contributed by atoms with Crippen molar-refractivity contribution in [2.45, 2.75) is 9.96 Å². The van der Waals surface area contributed by atoms with Crippen LogP contribution in [0.4, 0.5) is 11.4 Å². The fraction of sp³-hybridized carbons (Fsp3) is 0.125. The third-order valence-electron chi connectivity index (χ3n) is 3.35. The lowest BCUT2D eigenvalue weighted by molar-refractivity contribution is -0.383. The second kappa shape index (κ2) is 9.88. The molecule has 7 nitrogen and oxygen atoms in total. The number of thiocarbonyl (C=S) groups is 1. The molecule has 0 unspecified atom stereocenters. The van der Waals surface area contributed by atoms with Crippen molar-refractivity contribution in [1.29, 1.82) is 0 Å². The van der Waals surface area contributed by atoms with Gasteiger partial charge in [0.2, 0.25) is 3.79 Å². The molecule has 0 saturated carbocycles. The molecule has 0 spiro atoms. The number of nitrogens with zero attached hydrogens (tertiary/aromatic N) is 1. The van der Waals surface area contributed by atoms with Crippen molar-refractivity contribution in [1.82, 2.24) is 10.6 Å². The number of carbonyl (C=O) groups excluding carboxylic acids is 1. The van der Waals surface area contributed by atoms with Crippen LogP contribution in [-0.2, 0) is 0 Å². The molecule has 0 aromatic heterocycles. The monoisotopic (exact) mass is 572 g/mol. The topological polar surface area (TPSA) is 96.3 Å². The molecule has 0 radical (unpaired) electrons. The minimum atomic E-state index is -1.95. The van der Waals surface area contributed by atoms with E-state index in [4.69, 9.17) is 47.0 Å². The van der Waals surface area contributed by atoms with E-state index in [-0.39, 0.29) is 16.5 Å². The number of halogens is 4. The number of hydrogen-bond acceptors (Lipinski definition) is 4. The van der Waals surface area contributed by atoms with Crippen molar-refractivity contribution < 1.29 is 9.72 Å². The van der Waals surface area contributed by atoms with Gasteiger partial charge in [-0.1, -0.05) is 59.1 Å². The molecule has 148 valence electrons. The van der Waals surface area contributed by atoms with Crippen LogP contribution in [0.2, 0.25) is 0 Å². The maximum atomic E-state index is 12.5. The zero-order chi connectivity index (χ0) is 20.9. The Labute approximate surface area is 194 Å². The van der Waals surface area contributed by atoms with E-state index in [0.29, 0.717) is 9.13 Å². The molecule has 1 atom stereocenters. The van der Waals surface area contributed by atoms with E-state index in [1.54, 1.807) is 30.3 Å². The van der Waals surface area contributed by atoms with E-state index >= 15 is 0 Å². The summed E-state index contributed by atoms with van der Waals surface area (Å²) in [5.74, 6) is -0.484. The Balaban J connectivity index is 2.15. The average Bonchev–Trinajstić information content (AvgIpc) is 2.60. The van der Waals surface area contributed by atoms with Gasteiger partial charge in [0.15, 0.2) is 5.11 Å². The molecule has 2 rings (SSSR count). The van der Waals surface area contributed by atoms with Crippen molar-refractivity contribution in [3.05, 3.63) is 67.8 Å². The third kappa shape index (κ3) is 6.31. The van der Waals surface area contributed by atoms with Crippen LogP contribution in [0.5, 0.6) is 0 Å². The Bertz CT molecular complexity index is 911. The summed E-state index contributed by atoms with van der Waals surface area (Å²) in [6, 6.07) is 12.8. The summed E-state index contributed by atoms with van der Waals surface area (Å²) in [6.07, 6.45) is -1.20. The SMILES string of the molecule is O=C(N[C@@H](NC(=S)Nc1ccccc1[N+](=O)[O-])C(Cl)(Cl)Cl)c1ccccc1I. The van der Waals surface area contributed by atoms with Crippen LogP contribution in [0.15, 0.2) is 48.5 Å². The zero-order valence-electron chi connectivity index (χ0n) is 13.8. The number of amides is 1. The predicted octanol–water partition coefficient (Wildman–Crippen LogP) is 4.61. The van der Waals surface area contributed by atoms with Crippen molar-refractivity contribution in [3.63, 3.8) is 0 Å². The summed E-state index contributed by atoms with van der Waals surface area (Å²) < 4.78 is -1.24. The molecule has 0 fully saturated rings. The van der Waals surface area contributed by atoms with Crippen molar-refractivity contribution in [2.75, 3.05) is 5.32 Å². The number of hydrogen-bond donors (Lipinski definition) is 3. The number of benzene rings is 2. The lowest BCUT2D eigenvalue weighted by Gasteiger charge is -2.28. The standard InChI is InChI=1S/C16H12Cl3IN4O3S/c17-16(18,19)14(22-13(25)9-5-1-2-6-10(9)20)23-15(28)21-11-7-3-4-8-12(11)24(26)27/h1-8,14H,(H,22,25)(H2,21,23,28)/t14-/m0/s1. The Kier molecular flexibility index (Phi) is 8.07. The Hall–Kier alpha value is -1.40. The molecule has 0 aliphatic carbocycles. The minimum Gasteiger partial charge on any atom is -0.339 e. The summed E-state index contributed by atoms with van der Waals surface area (Å²) in [4.78, 5) is 23.1. The maximum absolute atomic E-state index is 12.5. The van der Waals surface area contributed by atoms with Crippen LogP contribution in [-0.4, -0.2) is 25.9 Å². The largest absolute Gasteiger partial charge is 0.339 e. The molecule has 3 N–H and O–H groups in total. The summed E-state index contributed by atoms with van der Waals surface area (Å²) in [7, 11) is 0. The summed E-state index contributed by atoms with van der Waals surface area (Å²) in [6.45, 7) is 0. The van der Waals surface area contributed by atoms with Gasteiger partial charge in [-0.25, -0.2) is 0 Å². The van der Waals surface area contributed by atoms with E-state index in [9.17, 15) is 14.9 Å². The minimum absolute atomic E-state index is 0.0753. The lowest BCUT2D eigenvalue weighted by atomic mass is 10.2. The van der Waals surface area contributed by atoms with Crippen molar-refractivity contribution in [2.24, 2.45) is 0 Å². The molecule has 12 heteroatoms. The van der Waals surface area contributed by atoms with Gasteiger partial charge >= 0.3 is 0 Å². The molecular formula is C16H12Cl3IN4O3S. The van der Waals surface area contributed by atoms with Gasteiger partial charge in [-0.2, -0.15) is 0 Å². The molecule has 0 aliphatic heterocycles. The highest BCUT2D eigenvalue weighted by molar-refractivity contribution is 14.1. The van der Waals surface area contributed by atoms with Gasteiger partial charge in [-0.3, -0.25) is 14.9 Å². The highest BCUT2D eigenvalue weighted by Crippen LogP contribution is 2.30. The third-order valence-corrected chi connectivity index (χ3v) is 5.16. The summed E-state index contributed by atoms with van der Waals surface area (Å²) in [5.41, 5.74) is 0.360. The van der Waals surface area contributed by atoms with Crippen LogP contribution >= 0.6 is 69.6 Å². The maximum Gasteiger partial charge on any atom is 0.292 e. The van der Waals surface area contributed by atoms with Gasteiger partial charge in [0.25, 0.3) is 11.6 Å². The Morgan fingerprint density at radius 3 is 2.32 bits per heavy atom. The lowest BCUT2D eigenvalue weighted by Crippen LogP contribution is -2.56. The summed E-state index contributed by atoms with van der Waals surface area (Å²) >= 11 is 25.0. The first-order chi connectivity index (χ1) is 13.1. The van der Waals surface area contributed by atoms with E-state index in [0.717, 1.165) is 0 Å². The number of carbonyl (C=O) groups is 1. The second-order valence-corrected chi connectivity index (χ2v) is 9.24. The van der Waals surface area contributed by atoms with E-state index in [1.165, 1.54) is 18.2 Å². The molecule has 28 heavy (non-hydrogen) atoms. The average molecular weight is 574 g/mol. The fourth-order valence-electron chi connectivity index (χ4n) is 2.08. The first-order valence-electron chi connectivity index (χ1n) is 7.52. The smallest absolute Gasteiger partial charge is 0.292 e. The number of nitro groups is 1. The van der Waals surface area contributed by atoms with Gasteiger partial charge in [-0.05, 0) is 53.0 Å². The molecule has 0 saturated heterocycles. The van der Waals surface area contributed by atoms with Gasteiger partial charge in [-0.15, -0.1) is 0 Å². The number of nitro benzene ring substituents is 1. The van der Waals surface area contributed by atoms with E-state index in [2.05, 4.69) is 16.0 Å². The number of anilines is 1. The van der Waals surface area contributed by atoms with Crippen LogP contribution in [0.25, 0.3) is 0 Å². The van der Waals surface area contributed by atoms with Gasteiger partial charge in [0.1, 0.15) is 11.9 Å². The predicted molar refractivity (Wildman–Crippen MR) is 123 cm³/mol. The van der Waals surface area contributed by atoms with Gasteiger partial charge < -0.3 is 16.0 Å². The second-order valence-electron chi connectivity index (χ2n) is 5.30. The molecule has 1 amide bonds. The number of nitrogens with one attached hydrogen (secondary N) is 3. The van der Waals surface area contributed by atoms with Crippen LogP contribution in [0.1, 0.15) is 10.4 Å². The first-order valence-corrected chi connectivity index (χ1v) is 10.1. The molecule has 0 bridgehead atoms.